The monoisotopic (exact) mass is 472 g/mol. The predicted molar refractivity (Wildman–Crippen MR) is 130 cm³/mol. The van der Waals surface area contributed by atoms with Crippen LogP contribution in [0.4, 0.5) is 5.69 Å². The first-order valence-electron chi connectivity index (χ1n) is 11.6. The predicted octanol–water partition coefficient (Wildman–Crippen LogP) is 3.86. The van der Waals surface area contributed by atoms with E-state index in [1.165, 1.54) is 6.33 Å². The second-order valence-electron chi connectivity index (χ2n) is 8.67. The number of cyclic esters (lactones) is 1. The maximum atomic E-state index is 13.2. The maximum Gasteiger partial charge on any atom is 0.347 e. The third-order valence-electron chi connectivity index (χ3n) is 6.76. The number of ether oxygens (including phenoxy) is 3. The van der Waals surface area contributed by atoms with Crippen molar-refractivity contribution in [3.63, 3.8) is 0 Å². The van der Waals surface area contributed by atoms with Gasteiger partial charge < -0.3 is 19.1 Å². The standard InChI is InChI=1S/C25H24N6O4/c1-33-17-9-14-15(10-18(17)34-2)22(31-13-29-16-11-27-12-28-24(16)31)20-19(23(26)35-25(20)32)21(14)30-7-5-3-4-6-8-30/h9-13,26H,3-8H2,1-2H3. The van der Waals surface area contributed by atoms with Gasteiger partial charge >= 0.3 is 5.97 Å². The van der Waals surface area contributed by atoms with Crippen LogP contribution in [-0.2, 0) is 4.74 Å². The van der Waals surface area contributed by atoms with Crippen molar-refractivity contribution in [2.24, 2.45) is 0 Å². The first-order valence-corrected chi connectivity index (χ1v) is 11.6. The van der Waals surface area contributed by atoms with E-state index in [9.17, 15) is 4.79 Å². The average Bonchev–Trinajstić information content (AvgIpc) is 3.29. The summed E-state index contributed by atoms with van der Waals surface area (Å²) in [5.41, 5.74) is 3.31. The number of carbonyl (C=O) groups is 1. The number of imidazole rings is 1. The Balaban J connectivity index is 1.79. The van der Waals surface area contributed by atoms with Crippen LogP contribution in [0.3, 0.4) is 0 Å². The van der Waals surface area contributed by atoms with Crippen molar-refractivity contribution in [3.8, 4) is 17.2 Å². The molecule has 10 heteroatoms. The summed E-state index contributed by atoms with van der Waals surface area (Å²) >= 11 is 0. The summed E-state index contributed by atoms with van der Waals surface area (Å²) < 4.78 is 18.5. The van der Waals surface area contributed by atoms with Crippen LogP contribution in [-0.4, -0.2) is 58.7 Å². The van der Waals surface area contributed by atoms with Crippen LogP contribution in [0, 0.1) is 5.41 Å². The highest BCUT2D eigenvalue weighted by molar-refractivity contribution is 6.26. The number of anilines is 1. The van der Waals surface area contributed by atoms with Gasteiger partial charge in [-0.3, -0.25) is 9.98 Å². The van der Waals surface area contributed by atoms with E-state index in [0.29, 0.717) is 39.5 Å². The van der Waals surface area contributed by atoms with E-state index in [2.05, 4.69) is 19.9 Å². The summed E-state index contributed by atoms with van der Waals surface area (Å²) in [6.45, 7) is 1.66. The largest absolute Gasteiger partial charge is 0.493 e. The summed E-state index contributed by atoms with van der Waals surface area (Å²) in [5, 5.41) is 10.2. The molecule has 0 bridgehead atoms. The number of methoxy groups -OCH3 is 2. The molecular formula is C25H24N6O4. The topological polar surface area (TPSA) is 115 Å². The van der Waals surface area contributed by atoms with E-state index in [-0.39, 0.29) is 5.90 Å². The van der Waals surface area contributed by atoms with E-state index >= 15 is 0 Å². The SMILES string of the molecule is COc1cc2c(N3CCCCCC3)c3c(c(-n4cnc5cncnc54)c2cc1OC)C(=O)OC3=N. The van der Waals surface area contributed by atoms with Gasteiger partial charge in [-0.25, -0.2) is 19.7 Å². The highest BCUT2D eigenvalue weighted by Gasteiger charge is 2.38. The second kappa shape index (κ2) is 8.23. The Bertz CT molecular complexity index is 1500. The number of aromatic nitrogens is 4. The molecule has 1 N–H and O–H groups in total. The number of hydrogen-bond acceptors (Lipinski definition) is 9. The Morgan fingerprint density at radius 2 is 1.63 bits per heavy atom. The molecule has 0 amide bonds. The van der Waals surface area contributed by atoms with Gasteiger partial charge in [0.1, 0.15) is 18.2 Å². The molecule has 4 aromatic rings. The van der Waals surface area contributed by atoms with Gasteiger partial charge in [0.2, 0.25) is 5.90 Å². The Morgan fingerprint density at radius 3 is 2.31 bits per heavy atom. The van der Waals surface area contributed by atoms with E-state index < -0.39 is 5.97 Å². The zero-order valence-corrected chi connectivity index (χ0v) is 19.5. The first kappa shape index (κ1) is 21.3. The number of rotatable bonds is 4. The van der Waals surface area contributed by atoms with Crippen molar-refractivity contribution in [1.82, 2.24) is 19.5 Å². The molecule has 2 aliphatic rings. The van der Waals surface area contributed by atoms with Gasteiger partial charge in [-0.1, -0.05) is 12.8 Å². The van der Waals surface area contributed by atoms with Crippen molar-refractivity contribution < 1.29 is 19.0 Å². The van der Waals surface area contributed by atoms with Gasteiger partial charge in [-0.05, 0) is 25.0 Å². The fraction of sp³-hybridized carbons (Fsp3) is 0.320. The van der Waals surface area contributed by atoms with Crippen molar-refractivity contribution in [2.45, 2.75) is 25.7 Å². The zero-order chi connectivity index (χ0) is 24.1. The fourth-order valence-corrected chi connectivity index (χ4v) is 5.20. The molecule has 2 aromatic heterocycles. The molecule has 0 radical (unpaired) electrons. The van der Waals surface area contributed by atoms with Crippen LogP contribution in [0.1, 0.15) is 41.6 Å². The first-order chi connectivity index (χ1) is 17.1. The second-order valence-corrected chi connectivity index (χ2v) is 8.67. The summed E-state index contributed by atoms with van der Waals surface area (Å²) in [7, 11) is 3.18. The van der Waals surface area contributed by atoms with Crippen molar-refractivity contribution in [1.29, 1.82) is 5.41 Å². The zero-order valence-electron chi connectivity index (χ0n) is 19.5. The van der Waals surface area contributed by atoms with Crippen molar-refractivity contribution in [3.05, 3.63) is 42.1 Å². The van der Waals surface area contributed by atoms with Crippen LogP contribution in [0.5, 0.6) is 11.5 Å². The van der Waals surface area contributed by atoms with Crippen LogP contribution in [0.15, 0.2) is 31.0 Å². The third-order valence-corrected chi connectivity index (χ3v) is 6.76. The molecule has 0 aliphatic carbocycles. The van der Waals surface area contributed by atoms with E-state index in [4.69, 9.17) is 19.6 Å². The molecule has 10 nitrogen and oxygen atoms in total. The lowest BCUT2D eigenvalue weighted by molar-refractivity contribution is 0.0736. The molecule has 6 rings (SSSR count). The number of nitrogens with zero attached hydrogens (tertiary/aromatic N) is 5. The van der Waals surface area contributed by atoms with Crippen molar-refractivity contribution >= 4 is 39.5 Å². The Kier molecular flexibility index (Phi) is 5.01. The quantitative estimate of drug-likeness (QED) is 0.445. The van der Waals surface area contributed by atoms with Gasteiger partial charge in [0.25, 0.3) is 0 Å². The Morgan fingerprint density at radius 1 is 0.943 bits per heavy atom. The molecule has 0 atom stereocenters. The number of carbonyl (C=O) groups excluding carboxylic acids is 1. The minimum absolute atomic E-state index is 0.152. The number of esters is 1. The molecule has 178 valence electrons. The van der Waals surface area contributed by atoms with E-state index in [1.54, 1.807) is 31.3 Å². The van der Waals surface area contributed by atoms with Crippen LogP contribution >= 0.6 is 0 Å². The summed E-state index contributed by atoms with van der Waals surface area (Å²) in [6.07, 6.45) is 9.06. The third kappa shape index (κ3) is 3.20. The molecule has 0 unspecified atom stereocenters. The van der Waals surface area contributed by atoms with Crippen LogP contribution in [0.2, 0.25) is 0 Å². The number of hydrogen-bond donors (Lipinski definition) is 1. The molecule has 35 heavy (non-hydrogen) atoms. The highest BCUT2D eigenvalue weighted by Crippen LogP contribution is 2.46. The molecule has 2 aliphatic heterocycles. The van der Waals surface area contributed by atoms with E-state index in [0.717, 1.165) is 55.2 Å². The molecule has 2 aromatic carbocycles. The molecular weight excluding hydrogens is 448 g/mol. The van der Waals surface area contributed by atoms with Crippen molar-refractivity contribution in [2.75, 3.05) is 32.2 Å². The Hall–Kier alpha value is -4.21. The van der Waals surface area contributed by atoms with Gasteiger partial charge in [0, 0.05) is 23.9 Å². The molecule has 1 saturated heterocycles. The van der Waals surface area contributed by atoms with E-state index in [1.807, 2.05) is 12.1 Å². The molecule has 0 saturated carbocycles. The Labute approximate surface area is 201 Å². The number of fused-ring (bicyclic) bond motifs is 3. The van der Waals surface area contributed by atoms with Gasteiger partial charge in [-0.2, -0.15) is 0 Å². The summed E-state index contributed by atoms with van der Waals surface area (Å²) in [4.78, 5) is 28.4. The smallest absolute Gasteiger partial charge is 0.347 e. The maximum absolute atomic E-state index is 13.2. The molecule has 1 fully saturated rings. The minimum Gasteiger partial charge on any atom is -0.493 e. The minimum atomic E-state index is -0.566. The number of nitrogens with one attached hydrogen (secondary N) is 1. The van der Waals surface area contributed by atoms with Gasteiger partial charge in [0.05, 0.1) is 42.9 Å². The summed E-state index contributed by atoms with van der Waals surface area (Å²) in [5.74, 6) is 0.380. The normalized spacial score (nSPS) is 15.9. The lowest BCUT2D eigenvalue weighted by Gasteiger charge is -2.28. The molecule has 0 spiro atoms. The summed E-state index contributed by atoms with van der Waals surface area (Å²) in [6, 6.07) is 3.79. The lowest BCUT2D eigenvalue weighted by Crippen LogP contribution is -2.26. The van der Waals surface area contributed by atoms with Gasteiger partial charge in [0.15, 0.2) is 17.1 Å². The fourth-order valence-electron chi connectivity index (χ4n) is 5.20. The lowest BCUT2D eigenvalue weighted by atomic mass is 9.94. The molecule has 4 heterocycles. The van der Waals surface area contributed by atoms with Crippen LogP contribution in [0.25, 0.3) is 27.6 Å². The van der Waals surface area contributed by atoms with Gasteiger partial charge in [-0.15, -0.1) is 0 Å². The number of benzene rings is 2. The average molecular weight is 473 g/mol. The highest BCUT2D eigenvalue weighted by atomic mass is 16.5. The van der Waals surface area contributed by atoms with Crippen LogP contribution < -0.4 is 14.4 Å².